The zero-order valence-electron chi connectivity index (χ0n) is 6.54. The van der Waals surface area contributed by atoms with E-state index in [4.69, 9.17) is 21.4 Å². The van der Waals surface area contributed by atoms with Crippen LogP contribution in [-0.4, -0.2) is 23.5 Å². The first-order valence-electron chi connectivity index (χ1n) is 3.30. The Balaban J connectivity index is 4.00. The number of carbonyl (C=O) groups excluding carboxylic acids is 1. The van der Waals surface area contributed by atoms with Gasteiger partial charge in [-0.15, -0.1) is 0 Å². The van der Waals surface area contributed by atoms with E-state index < -0.39 is 18.2 Å². The molecular formula is C7H9ClO4. The molecule has 0 aromatic heterocycles. The summed E-state index contributed by atoms with van der Waals surface area (Å²) >= 11 is 5.38. The van der Waals surface area contributed by atoms with Crippen LogP contribution in [0.4, 0.5) is 0 Å². The molecule has 0 radical (unpaired) electrons. The lowest BCUT2D eigenvalue weighted by atomic mass is 10.3. The number of ether oxygens (including phenoxy) is 1. The molecule has 68 valence electrons. The molecule has 0 aliphatic heterocycles. The lowest BCUT2D eigenvalue weighted by Crippen LogP contribution is -2.06. The third-order valence-corrected chi connectivity index (χ3v) is 1.23. The van der Waals surface area contributed by atoms with Gasteiger partial charge in [-0.3, -0.25) is 9.59 Å². The summed E-state index contributed by atoms with van der Waals surface area (Å²) < 4.78 is 4.69. The topological polar surface area (TPSA) is 63.6 Å². The summed E-state index contributed by atoms with van der Waals surface area (Å²) in [5, 5.41) is 8.02. The monoisotopic (exact) mass is 192 g/mol. The Morgan fingerprint density at radius 3 is 2.58 bits per heavy atom. The van der Waals surface area contributed by atoms with E-state index in [1.807, 2.05) is 0 Å². The summed E-state index contributed by atoms with van der Waals surface area (Å²) in [6, 6.07) is 0. The molecule has 0 aliphatic rings. The van der Waals surface area contributed by atoms with Crippen molar-refractivity contribution in [2.75, 3.05) is 6.61 Å². The number of hydrogen-bond donors (Lipinski definition) is 1. The molecule has 0 saturated heterocycles. The second-order valence-electron chi connectivity index (χ2n) is 1.91. The predicted octanol–water partition coefficient (Wildman–Crippen LogP) is 1.15. The number of carboxylic acids is 1. The summed E-state index contributed by atoms with van der Waals surface area (Å²) in [7, 11) is 0. The molecular weight excluding hydrogens is 184 g/mol. The number of carboxylic acid groups (broad SMARTS) is 1. The van der Waals surface area contributed by atoms with Gasteiger partial charge in [0.2, 0.25) is 0 Å². The number of allylic oxidation sites excluding steroid dienone is 1. The highest BCUT2D eigenvalue weighted by Crippen LogP contribution is 2.05. The number of Topliss-reactive ketones (excluding diaryl/α,β-unsaturated/α-hetero) is 1. The van der Waals surface area contributed by atoms with E-state index in [1.165, 1.54) is 0 Å². The van der Waals surface area contributed by atoms with Crippen LogP contribution >= 0.6 is 11.6 Å². The Hall–Kier alpha value is -1.03. The highest BCUT2D eigenvalue weighted by Gasteiger charge is 2.11. The van der Waals surface area contributed by atoms with Crippen LogP contribution in [0.2, 0.25) is 0 Å². The molecule has 0 heterocycles. The Labute approximate surface area is 74.8 Å². The van der Waals surface area contributed by atoms with Crippen LogP contribution < -0.4 is 0 Å². The van der Waals surface area contributed by atoms with Crippen molar-refractivity contribution in [2.24, 2.45) is 0 Å². The molecule has 0 unspecified atom stereocenters. The molecule has 0 atom stereocenters. The van der Waals surface area contributed by atoms with Crippen LogP contribution in [0, 0.1) is 0 Å². The second kappa shape index (κ2) is 5.60. The molecule has 0 aromatic carbocycles. The van der Waals surface area contributed by atoms with E-state index in [9.17, 15) is 9.59 Å². The third kappa shape index (κ3) is 4.73. The number of rotatable bonds is 5. The maximum atomic E-state index is 10.8. The third-order valence-electron chi connectivity index (χ3n) is 0.932. The van der Waals surface area contributed by atoms with E-state index in [2.05, 4.69) is 0 Å². The average Bonchev–Trinajstić information content (AvgIpc) is 1.98. The van der Waals surface area contributed by atoms with E-state index in [-0.39, 0.29) is 5.03 Å². The van der Waals surface area contributed by atoms with Gasteiger partial charge in [-0.2, -0.15) is 0 Å². The first-order valence-corrected chi connectivity index (χ1v) is 3.68. The Morgan fingerprint density at radius 2 is 2.17 bits per heavy atom. The lowest BCUT2D eigenvalue weighted by molar-refractivity contribution is -0.139. The molecule has 1 N–H and O–H groups in total. The molecule has 0 spiro atoms. The van der Waals surface area contributed by atoms with Gasteiger partial charge in [0, 0.05) is 0 Å². The summed E-state index contributed by atoms with van der Waals surface area (Å²) in [4.78, 5) is 20.8. The summed E-state index contributed by atoms with van der Waals surface area (Å²) in [5.74, 6) is -1.86. The number of ketones is 1. The van der Waals surface area contributed by atoms with Crippen molar-refractivity contribution in [3.8, 4) is 0 Å². The number of aliphatic carboxylic acids is 1. The normalized spacial score (nSPS) is 11.0. The highest BCUT2D eigenvalue weighted by atomic mass is 35.5. The van der Waals surface area contributed by atoms with Crippen LogP contribution in [0.15, 0.2) is 11.3 Å². The molecule has 0 bridgehead atoms. The maximum absolute atomic E-state index is 10.8. The van der Waals surface area contributed by atoms with Gasteiger partial charge in [-0.25, -0.2) is 0 Å². The van der Waals surface area contributed by atoms with Gasteiger partial charge in [0.1, 0.15) is 17.7 Å². The van der Waals surface area contributed by atoms with Gasteiger partial charge in [-0.1, -0.05) is 11.6 Å². The second-order valence-corrected chi connectivity index (χ2v) is 2.32. The summed E-state index contributed by atoms with van der Waals surface area (Å²) in [6.07, 6.45) is 0.440. The number of hydrogen-bond acceptors (Lipinski definition) is 3. The first kappa shape index (κ1) is 11.0. The van der Waals surface area contributed by atoms with Crippen molar-refractivity contribution in [3.63, 3.8) is 0 Å². The van der Waals surface area contributed by atoms with Gasteiger partial charge < -0.3 is 9.84 Å². The zero-order chi connectivity index (χ0) is 9.56. The van der Waals surface area contributed by atoms with Gasteiger partial charge in [-0.05, 0) is 6.92 Å². The minimum Gasteiger partial charge on any atom is -0.500 e. The van der Waals surface area contributed by atoms with Crippen molar-refractivity contribution >= 4 is 23.4 Å². The van der Waals surface area contributed by atoms with E-state index in [0.29, 0.717) is 6.61 Å². The summed E-state index contributed by atoms with van der Waals surface area (Å²) in [6.45, 7) is 2.11. The van der Waals surface area contributed by atoms with Gasteiger partial charge >= 0.3 is 5.97 Å². The van der Waals surface area contributed by atoms with Crippen LogP contribution in [0.25, 0.3) is 0 Å². The van der Waals surface area contributed by atoms with Crippen molar-refractivity contribution in [2.45, 2.75) is 13.3 Å². The molecule has 5 heteroatoms. The van der Waals surface area contributed by atoms with Gasteiger partial charge in [0.25, 0.3) is 0 Å². The van der Waals surface area contributed by atoms with Gasteiger partial charge in [0.15, 0.2) is 5.78 Å². The largest absolute Gasteiger partial charge is 0.500 e. The quantitative estimate of drug-likeness (QED) is 0.403. The van der Waals surface area contributed by atoms with E-state index in [0.717, 1.165) is 6.26 Å². The minimum atomic E-state index is -1.21. The standard InChI is InChI=1S/C7H9ClO4/c1-2-12-4-5(8)6(9)3-7(10)11/h4H,2-3H2,1H3,(H,10,11)/b5-4-. The molecule has 0 saturated carbocycles. The highest BCUT2D eigenvalue weighted by molar-refractivity contribution is 6.43. The van der Waals surface area contributed by atoms with E-state index in [1.54, 1.807) is 6.92 Å². The lowest BCUT2D eigenvalue weighted by Gasteiger charge is -1.96. The molecule has 4 nitrogen and oxygen atoms in total. The average molecular weight is 193 g/mol. The van der Waals surface area contributed by atoms with Crippen molar-refractivity contribution in [3.05, 3.63) is 11.3 Å². The summed E-state index contributed by atoms with van der Waals surface area (Å²) in [5.41, 5.74) is 0. The molecule has 0 fully saturated rings. The van der Waals surface area contributed by atoms with Crippen LogP contribution in [0.5, 0.6) is 0 Å². The SMILES string of the molecule is CCO/C=C(\Cl)C(=O)CC(=O)O. The predicted molar refractivity (Wildman–Crippen MR) is 42.8 cm³/mol. The van der Waals surface area contributed by atoms with Crippen molar-refractivity contribution in [1.29, 1.82) is 0 Å². The number of carbonyl (C=O) groups is 2. The fourth-order valence-corrected chi connectivity index (χ4v) is 0.574. The number of halogens is 1. The molecule has 12 heavy (non-hydrogen) atoms. The Morgan fingerprint density at radius 1 is 1.58 bits per heavy atom. The first-order chi connectivity index (χ1) is 5.57. The van der Waals surface area contributed by atoms with Crippen LogP contribution in [0.3, 0.4) is 0 Å². The van der Waals surface area contributed by atoms with Crippen molar-refractivity contribution < 1.29 is 19.4 Å². The van der Waals surface area contributed by atoms with E-state index >= 15 is 0 Å². The maximum Gasteiger partial charge on any atom is 0.311 e. The fraction of sp³-hybridized carbons (Fsp3) is 0.429. The van der Waals surface area contributed by atoms with Crippen LogP contribution in [0.1, 0.15) is 13.3 Å². The minimum absolute atomic E-state index is 0.195. The fourth-order valence-electron chi connectivity index (χ4n) is 0.444. The smallest absolute Gasteiger partial charge is 0.311 e. The molecule has 0 amide bonds. The van der Waals surface area contributed by atoms with Gasteiger partial charge in [0.05, 0.1) is 6.61 Å². The van der Waals surface area contributed by atoms with Crippen LogP contribution in [-0.2, 0) is 14.3 Å². The zero-order valence-corrected chi connectivity index (χ0v) is 7.30. The van der Waals surface area contributed by atoms with Crippen molar-refractivity contribution in [1.82, 2.24) is 0 Å². The molecule has 0 aliphatic carbocycles. The molecule has 0 rings (SSSR count). The Kier molecular flexibility index (Phi) is 5.12. The molecule has 0 aromatic rings. The Bertz CT molecular complexity index is 209.